The van der Waals surface area contributed by atoms with Crippen molar-refractivity contribution in [2.75, 3.05) is 13.5 Å². The predicted octanol–water partition coefficient (Wildman–Crippen LogP) is -1.30. The van der Waals surface area contributed by atoms with Crippen LogP contribution in [0.15, 0.2) is 24.3 Å². The summed E-state index contributed by atoms with van der Waals surface area (Å²) in [7, 11) is 0. The highest BCUT2D eigenvalue weighted by atomic mass is 16.3. The Labute approximate surface area is 87.3 Å². The maximum absolute atomic E-state index is 11.4. The number of hydrogen-bond donors (Lipinski definition) is 3. The molecule has 0 fully saturated rings. The van der Waals surface area contributed by atoms with Crippen LogP contribution in [0.2, 0.25) is 0 Å². The number of amides is 2. The zero-order valence-corrected chi connectivity index (χ0v) is 8.27. The van der Waals surface area contributed by atoms with Crippen molar-refractivity contribution in [2.45, 2.75) is 6.42 Å². The van der Waals surface area contributed by atoms with Gasteiger partial charge in [0.15, 0.2) is 0 Å². The molecule has 0 spiro atoms. The molecule has 0 unspecified atom stereocenters. The number of rotatable bonds is 6. The second-order valence-corrected chi connectivity index (χ2v) is 2.88. The van der Waals surface area contributed by atoms with Crippen LogP contribution >= 0.6 is 0 Å². The van der Waals surface area contributed by atoms with Gasteiger partial charge in [0.05, 0.1) is 0 Å². The molecule has 6 nitrogen and oxygen atoms in total. The molecule has 0 aliphatic rings. The van der Waals surface area contributed by atoms with Crippen molar-refractivity contribution in [1.82, 2.24) is 4.90 Å². The number of carbonyl (C=O) groups excluding carboxylic acids is 2. The van der Waals surface area contributed by atoms with E-state index in [1.54, 1.807) is 0 Å². The van der Waals surface area contributed by atoms with Crippen molar-refractivity contribution in [1.29, 1.82) is 0 Å². The molecule has 0 saturated heterocycles. The first kappa shape index (κ1) is 13.3. The van der Waals surface area contributed by atoms with E-state index < -0.39 is 25.3 Å². The van der Waals surface area contributed by atoms with Gasteiger partial charge >= 0.3 is 0 Å². The summed E-state index contributed by atoms with van der Waals surface area (Å²) < 4.78 is 0. The van der Waals surface area contributed by atoms with E-state index in [2.05, 4.69) is 13.2 Å². The molecule has 0 heterocycles. The highest BCUT2D eigenvalue weighted by Crippen LogP contribution is 2.09. The van der Waals surface area contributed by atoms with Crippen LogP contribution in [-0.4, -0.2) is 40.4 Å². The third-order valence-corrected chi connectivity index (χ3v) is 1.71. The molecule has 0 bridgehead atoms. The van der Waals surface area contributed by atoms with Crippen molar-refractivity contribution < 1.29 is 19.8 Å². The molecular weight excluding hydrogens is 200 g/mol. The third kappa shape index (κ3) is 3.92. The van der Waals surface area contributed by atoms with Crippen LogP contribution in [0, 0.1) is 0 Å². The number of hydrogen-bond acceptors (Lipinski definition) is 4. The third-order valence-electron chi connectivity index (χ3n) is 1.71. The topological polar surface area (TPSA) is 104 Å². The Bertz CT molecular complexity index is 294. The van der Waals surface area contributed by atoms with E-state index in [-0.39, 0.29) is 17.6 Å². The van der Waals surface area contributed by atoms with Gasteiger partial charge in [0.1, 0.15) is 13.5 Å². The number of primary amides is 1. The lowest BCUT2D eigenvalue weighted by Crippen LogP contribution is -2.34. The number of aliphatic hydroxyl groups excluding tert-OH is 2. The standard InChI is InChI=1S/C9H14N2O4/c1-6(8(10)14)3-7(2)9(15)11(4-12)5-13/h12-13H,1-5H2,(H2,10,14). The molecule has 0 radical (unpaired) electrons. The molecule has 0 aromatic heterocycles. The lowest BCUT2D eigenvalue weighted by Gasteiger charge is -2.17. The van der Waals surface area contributed by atoms with Gasteiger partial charge in [-0.05, 0) is 0 Å². The zero-order chi connectivity index (χ0) is 12.0. The van der Waals surface area contributed by atoms with E-state index in [1.165, 1.54) is 0 Å². The second-order valence-electron chi connectivity index (χ2n) is 2.88. The summed E-state index contributed by atoms with van der Waals surface area (Å²) in [5.41, 5.74) is 5.00. The fraction of sp³-hybridized carbons (Fsp3) is 0.333. The van der Waals surface area contributed by atoms with Gasteiger partial charge in [-0.2, -0.15) is 0 Å². The van der Waals surface area contributed by atoms with Crippen molar-refractivity contribution >= 4 is 11.8 Å². The van der Waals surface area contributed by atoms with Crippen molar-refractivity contribution in [3.05, 3.63) is 24.3 Å². The van der Waals surface area contributed by atoms with Gasteiger partial charge in [0.2, 0.25) is 5.91 Å². The average molecular weight is 214 g/mol. The maximum atomic E-state index is 11.4. The van der Waals surface area contributed by atoms with Gasteiger partial charge in [0.25, 0.3) is 5.91 Å². The van der Waals surface area contributed by atoms with Gasteiger partial charge < -0.3 is 15.9 Å². The van der Waals surface area contributed by atoms with E-state index >= 15 is 0 Å². The molecule has 0 rings (SSSR count). The molecule has 0 aromatic rings. The van der Waals surface area contributed by atoms with Gasteiger partial charge in [-0.15, -0.1) is 0 Å². The summed E-state index contributed by atoms with van der Waals surface area (Å²) in [4.78, 5) is 22.7. The molecule has 0 saturated carbocycles. The summed E-state index contributed by atoms with van der Waals surface area (Å²) in [6.45, 7) is 5.51. The molecule has 15 heavy (non-hydrogen) atoms. The van der Waals surface area contributed by atoms with E-state index in [0.29, 0.717) is 0 Å². The highest BCUT2D eigenvalue weighted by molar-refractivity contribution is 5.97. The zero-order valence-electron chi connectivity index (χ0n) is 8.27. The maximum Gasteiger partial charge on any atom is 0.253 e. The van der Waals surface area contributed by atoms with Crippen LogP contribution in [0.1, 0.15) is 6.42 Å². The van der Waals surface area contributed by atoms with Crippen LogP contribution in [0.4, 0.5) is 0 Å². The number of nitrogens with zero attached hydrogens (tertiary/aromatic N) is 1. The Hall–Kier alpha value is -1.66. The van der Waals surface area contributed by atoms with Gasteiger partial charge in [-0.25, -0.2) is 0 Å². The molecule has 84 valence electrons. The second kappa shape index (κ2) is 5.94. The minimum atomic E-state index is -0.719. The molecule has 6 heteroatoms. The van der Waals surface area contributed by atoms with E-state index in [0.717, 1.165) is 4.90 Å². The Balaban J connectivity index is 4.40. The Morgan fingerprint density at radius 1 is 1.13 bits per heavy atom. The summed E-state index contributed by atoms with van der Waals surface area (Å²) in [6.07, 6.45) is -0.0787. The lowest BCUT2D eigenvalue weighted by atomic mass is 10.1. The molecule has 4 N–H and O–H groups in total. The first-order valence-corrected chi connectivity index (χ1v) is 4.10. The quantitative estimate of drug-likeness (QED) is 0.377. The normalized spacial score (nSPS) is 9.47. The summed E-state index contributed by atoms with van der Waals surface area (Å²) in [5, 5.41) is 17.4. The summed E-state index contributed by atoms with van der Waals surface area (Å²) >= 11 is 0. The molecule has 0 atom stereocenters. The van der Waals surface area contributed by atoms with E-state index in [1.807, 2.05) is 0 Å². The predicted molar refractivity (Wildman–Crippen MR) is 53.1 cm³/mol. The van der Waals surface area contributed by atoms with Crippen LogP contribution in [0.3, 0.4) is 0 Å². The van der Waals surface area contributed by atoms with Gasteiger partial charge in [-0.3, -0.25) is 14.5 Å². The Morgan fingerprint density at radius 2 is 1.60 bits per heavy atom. The molecule has 0 aromatic carbocycles. The lowest BCUT2D eigenvalue weighted by molar-refractivity contribution is -0.135. The van der Waals surface area contributed by atoms with Crippen molar-refractivity contribution in [2.24, 2.45) is 5.73 Å². The minimum Gasteiger partial charge on any atom is -0.376 e. The van der Waals surface area contributed by atoms with Crippen LogP contribution in [0.25, 0.3) is 0 Å². The van der Waals surface area contributed by atoms with E-state index in [4.69, 9.17) is 15.9 Å². The first-order valence-electron chi connectivity index (χ1n) is 4.10. The highest BCUT2D eigenvalue weighted by Gasteiger charge is 2.16. The van der Waals surface area contributed by atoms with Crippen LogP contribution in [0.5, 0.6) is 0 Å². The summed E-state index contributed by atoms with van der Waals surface area (Å²) in [5.74, 6) is -1.37. The SMILES string of the molecule is C=C(CC(=C)C(=O)N(CO)CO)C(N)=O. The van der Waals surface area contributed by atoms with Crippen LogP contribution in [-0.2, 0) is 9.59 Å². The van der Waals surface area contributed by atoms with Gasteiger partial charge in [-0.1, -0.05) is 13.2 Å². The van der Waals surface area contributed by atoms with E-state index in [9.17, 15) is 9.59 Å². The Kier molecular flexibility index (Phi) is 5.29. The first-order chi connectivity index (χ1) is 6.93. The molecule has 0 aliphatic heterocycles. The fourth-order valence-corrected chi connectivity index (χ4v) is 0.817. The monoisotopic (exact) mass is 214 g/mol. The van der Waals surface area contributed by atoms with Crippen LogP contribution < -0.4 is 5.73 Å². The number of aliphatic hydroxyl groups is 2. The largest absolute Gasteiger partial charge is 0.376 e. The molecule has 0 aliphatic carbocycles. The fourth-order valence-electron chi connectivity index (χ4n) is 0.817. The summed E-state index contributed by atoms with van der Waals surface area (Å²) in [6, 6.07) is 0. The van der Waals surface area contributed by atoms with Gasteiger partial charge in [0, 0.05) is 17.6 Å². The molecular formula is C9H14N2O4. The van der Waals surface area contributed by atoms with Crippen molar-refractivity contribution in [3.63, 3.8) is 0 Å². The Morgan fingerprint density at radius 3 is 1.93 bits per heavy atom. The smallest absolute Gasteiger partial charge is 0.253 e. The number of carbonyl (C=O) groups is 2. The average Bonchev–Trinajstić information content (AvgIpc) is 2.19. The molecule has 2 amide bonds. The van der Waals surface area contributed by atoms with Crippen molar-refractivity contribution in [3.8, 4) is 0 Å². The number of nitrogens with two attached hydrogens (primary N) is 1. The minimum absolute atomic E-state index is 0.0295.